The zero-order valence-corrected chi connectivity index (χ0v) is 16.0. The third-order valence-electron chi connectivity index (χ3n) is 4.79. The molecule has 0 saturated carbocycles. The van der Waals surface area contributed by atoms with Crippen LogP contribution >= 0.6 is 12.4 Å². The molecule has 0 bridgehead atoms. The molecular weight excluding hydrogens is 358 g/mol. The lowest BCUT2D eigenvalue weighted by Crippen LogP contribution is -2.50. The van der Waals surface area contributed by atoms with Gasteiger partial charge in [0.2, 0.25) is 5.91 Å². The Bertz CT molecular complexity index is 569. The van der Waals surface area contributed by atoms with Gasteiger partial charge in [-0.2, -0.15) is 0 Å². The standard InChI is InChI=1S/C18H27N3O4.ClH/c1-25-14-18(9-12-19-13-10-18)17(22)20-11-3-2-4-15-5-7-16(8-6-15)21(23)24;/h5-8,19H,2-4,9-14H2,1H3,(H,20,22);1H. The molecule has 1 amide bonds. The van der Waals surface area contributed by atoms with Gasteiger partial charge < -0.3 is 15.4 Å². The van der Waals surface area contributed by atoms with Gasteiger partial charge in [0.1, 0.15) is 0 Å². The number of nitro groups is 1. The number of rotatable bonds is 9. The minimum Gasteiger partial charge on any atom is -0.384 e. The van der Waals surface area contributed by atoms with Crippen molar-refractivity contribution < 1.29 is 14.5 Å². The highest BCUT2D eigenvalue weighted by molar-refractivity contribution is 5.85. The number of non-ortho nitro benzene ring substituents is 1. The van der Waals surface area contributed by atoms with E-state index in [2.05, 4.69) is 10.6 Å². The molecule has 2 N–H and O–H groups in total. The Kier molecular flexibility index (Phi) is 9.54. The smallest absolute Gasteiger partial charge is 0.269 e. The van der Waals surface area contributed by atoms with Crippen molar-refractivity contribution in [1.82, 2.24) is 10.6 Å². The number of hydrogen-bond donors (Lipinski definition) is 2. The van der Waals surface area contributed by atoms with Crippen molar-refractivity contribution >= 4 is 24.0 Å². The molecule has 0 radical (unpaired) electrons. The van der Waals surface area contributed by atoms with Crippen LogP contribution in [0.25, 0.3) is 0 Å². The average Bonchev–Trinajstić information content (AvgIpc) is 2.62. The predicted octanol–water partition coefficient (Wildman–Crippen LogP) is 2.47. The molecule has 1 saturated heterocycles. The molecule has 0 atom stereocenters. The van der Waals surface area contributed by atoms with E-state index >= 15 is 0 Å². The van der Waals surface area contributed by atoms with Crippen LogP contribution in [0, 0.1) is 15.5 Å². The van der Waals surface area contributed by atoms with E-state index in [0.717, 1.165) is 50.8 Å². The molecule has 1 aromatic carbocycles. The van der Waals surface area contributed by atoms with Gasteiger partial charge in [-0.15, -0.1) is 12.4 Å². The lowest BCUT2D eigenvalue weighted by Gasteiger charge is -2.35. The van der Waals surface area contributed by atoms with Crippen LogP contribution in [0.1, 0.15) is 31.2 Å². The highest BCUT2D eigenvalue weighted by Crippen LogP contribution is 2.29. The molecule has 7 nitrogen and oxygen atoms in total. The summed E-state index contributed by atoms with van der Waals surface area (Å²) in [7, 11) is 1.64. The second kappa shape index (κ2) is 11.1. The SMILES string of the molecule is COCC1(C(=O)NCCCCc2ccc([N+](=O)[O-])cc2)CCNCC1.Cl. The summed E-state index contributed by atoms with van der Waals surface area (Å²) in [6.45, 7) is 2.79. The number of nitrogens with one attached hydrogen (secondary N) is 2. The number of ether oxygens (including phenoxy) is 1. The maximum Gasteiger partial charge on any atom is 0.269 e. The Balaban J connectivity index is 0.00000338. The van der Waals surface area contributed by atoms with Crippen LogP contribution in [-0.4, -0.2) is 44.2 Å². The summed E-state index contributed by atoms with van der Waals surface area (Å²) in [4.78, 5) is 22.8. The Morgan fingerprint density at radius 1 is 1.27 bits per heavy atom. The van der Waals surface area contributed by atoms with Gasteiger partial charge in [0.05, 0.1) is 16.9 Å². The number of nitro benzene ring substituents is 1. The van der Waals surface area contributed by atoms with E-state index in [4.69, 9.17) is 4.74 Å². The molecule has 8 heteroatoms. The number of benzene rings is 1. The van der Waals surface area contributed by atoms with Crippen LogP contribution in [0.2, 0.25) is 0 Å². The lowest BCUT2D eigenvalue weighted by atomic mass is 9.78. The third kappa shape index (κ3) is 6.23. The number of halogens is 1. The van der Waals surface area contributed by atoms with Gasteiger partial charge in [0.15, 0.2) is 0 Å². The fourth-order valence-corrected chi connectivity index (χ4v) is 3.25. The molecule has 2 rings (SSSR count). The van der Waals surface area contributed by atoms with Gasteiger partial charge in [-0.3, -0.25) is 14.9 Å². The van der Waals surface area contributed by atoms with E-state index in [1.54, 1.807) is 19.2 Å². The highest BCUT2D eigenvalue weighted by Gasteiger charge is 2.39. The lowest BCUT2D eigenvalue weighted by molar-refractivity contribution is -0.384. The van der Waals surface area contributed by atoms with Crippen LogP contribution in [0.15, 0.2) is 24.3 Å². The highest BCUT2D eigenvalue weighted by atomic mass is 35.5. The summed E-state index contributed by atoms with van der Waals surface area (Å²) in [5.74, 6) is 0.0891. The number of carbonyl (C=O) groups excluding carboxylic acids is 1. The summed E-state index contributed by atoms with van der Waals surface area (Å²) in [5.41, 5.74) is 0.783. The number of nitrogens with zero attached hydrogens (tertiary/aromatic N) is 1. The quantitative estimate of drug-likeness (QED) is 0.387. The van der Waals surface area contributed by atoms with Crippen molar-refractivity contribution in [2.24, 2.45) is 5.41 Å². The van der Waals surface area contributed by atoms with Crippen LogP contribution < -0.4 is 10.6 Å². The van der Waals surface area contributed by atoms with E-state index in [9.17, 15) is 14.9 Å². The average molecular weight is 386 g/mol. The van der Waals surface area contributed by atoms with Gasteiger partial charge in [-0.1, -0.05) is 12.1 Å². The van der Waals surface area contributed by atoms with Gasteiger partial charge in [0, 0.05) is 25.8 Å². The molecule has 26 heavy (non-hydrogen) atoms. The molecule has 1 aliphatic rings. The first-order valence-corrected chi connectivity index (χ1v) is 8.79. The minimum atomic E-state index is -0.404. The van der Waals surface area contributed by atoms with Crippen molar-refractivity contribution in [3.8, 4) is 0 Å². The molecule has 1 heterocycles. The molecule has 1 aromatic rings. The number of carbonyl (C=O) groups is 1. The Hall–Kier alpha value is -1.70. The van der Waals surface area contributed by atoms with E-state index in [0.29, 0.717) is 13.2 Å². The van der Waals surface area contributed by atoms with E-state index in [1.165, 1.54) is 12.1 Å². The summed E-state index contributed by atoms with van der Waals surface area (Å²) in [6.07, 6.45) is 4.26. The maximum atomic E-state index is 12.6. The van der Waals surface area contributed by atoms with E-state index in [-0.39, 0.29) is 24.0 Å². The van der Waals surface area contributed by atoms with Crippen LogP contribution in [0.4, 0.5) is 5.69 Å². The summed E-state index contributed by atoms with van der Waals surface area (Å²) >= 11 is 0. The fraction of sp³-hybridized carbons (Fsp3) is 0.611. The van der Waals surface area contributed by atoms with E-state index in [1.807, 2.05) is 0 Å². The first kappa shape index (κ1) is 22.3. The number of methoxy groups -OCH3 is 1. The van der Waals surface area contributed by atoms with Crippen LogP contribution in [0.3, 0.4) is 0 Å². The monoisotopic (exact) mass is 385 g/mol. The van der Waals surface area contributed by atoms with Crippen molar-refractivity contribution in [1.29, 1.82) is 0 Å². The fourth-order valence-electron chi connectivity index (χ4n) is 3.25. The molecule has 146 valence electrons. The maximum absolute atomic E-state index is 12.6. The van der Waals surface area contributed by atoms with E-state index < -0.39 is 10.3 Å². The Morgan fingerprint density at radius 3 is 2.50 bits per heavy atom. The molecule has 0 aliphatic carbocycles. The van der Waals surface area contributed by atoms with Gasteiger partial charge in [-0.25, -0.2) is 0 Å². The Morgan fingerprint density at radius 2 is 1.92 bits per heavy atom. The number of hydrogen-bond acceptors (Lipinski definition) is 5. The molecule has 0 unspecified atom stereocenters. The molecular formula is C18H28ClN3O4. The van der Waals surface area contributed by atoms with Gasteiger partial charge in [-0.05, 0) is 50.8 Å². The largest absolute Gasteiger partial charge is 0.384 e. The number of amides is 1. The minimum absolute atomic E-state index is 0. The topological polar surface area (TPSA) is 93.5 Å². The second-order valence-corrected chi connectivity index (χ2v) is 6.60. The zero-order valence-electron chi connectivity index (χ0n) is 15.2. The number of piperidine rings is 1. The number of aryl methyl sites for hydroxylation is 1. The first-order chi connectivity index (χ1) is 12.1. The van der Waals surface area contributed by atoms with Crippen molar-refractivity contribution in [2.45, 2.75) is 32.1 Å². The summed E-state index contributed by atoms with van der Waals surface area (Å²) < 4.78 is 5.28. The molecule has 0 spiro atoms. The van der Waals surface area contributed by atoms with Crippen LogP contribution in [-0.2, 0) is 16.0 Å². The van der Waals surface area contributed by atoms with Crippen molar-refractivity contribution in [2.75, 3.05) is 33.4 Å². The zero-order chi connectivity index (χ0) is 18.1. The molecule has 1 aliphatic heterocycles. The van der Waals surface area contributed by atoms with Crippen molar-refractivity contribution in [3.05, 3.63) is 39.9 Å². The number of unbranched alkanes of at least 4 members (excludes halogenated alkanes) is 1. The van der Waals surface area contributed by atoms with Crippen molar-refractivity contribution in [3.63, 3.8) is 0 Å². The van der Waals surface area contributed by atoms with Gasteiger partial charge >= 0.3 is 0 Å². The van der Waals surface area contributed by atoms with Gasteiger partial charge in [0.25, 0.3) is 5.69 Å². The molecule has 0 aromatic heterocycles. The molecule has 1 fully saturated rings. The van der Waals surface area contributed by atoms with Crippen LogP contribution in [0.5, 0.6) is 0 Å². The summed E-state index contributed by atoms with van der Waals surface area (Å²) in [6, 6.07) is 6.64. The normalized spacial score (nSPS) is 15.7. The second-order valence-electron chi connectivity index (χ2n) is 6.60. The first-order valence-electron chi connectivity index (χ1n) is 8.79. The third-order valence-corrected chi connectivity index (χ3v) is 4.79. The Labute approximate surface area is 160 Å². The summed E-state index contributed by atoms with van der Waals surface area (Å²) in [5, 5.41) is 17.0. The predicted molar refractivity (Wildman–Crippen MR) is 103 cm³/mol.